The molecular weight excluding hydrogens is 436 g/mol. The number of ether oxygens (including phenoxy) is 5. The summed E-state index contributed by atoms with van der Waals surface area (Å²) in [6.07, 6.45) is 7.19. The Kier molecular flexibility index (Phi) is 6.22. The van der Waals surface area contributed by atoms with Gasteiger partial charge in [0.05, 0.1) is 40.7 Å². The van der Waals surface area contributed by atoms with Crippen LogP contribution in [0.25, 0.3) is 33.6 Å². The molecule has 0 amide bonds. The molecule has 0 unspecified atom stereocenters. The molecule has 4 heterocycles. The van der Waals surface area contributed by atoms with Crippen molar-refractivity contribution in [3.63, 3.8) is 0 Å². The molecule has 8 nitrogen and oxygen atoms in total. The van der Waals surface area contributed by atoms with E-state index in [0.717, 1.165) is 54.0 Å². The lowest BCUT2D eigenvalue weighted by Gasteiger charge is -2.23. The van der Waals surface area contributed by atoms with E-state index in [2.05, 4.69) is 9.97 Å². The minimum Gasteiger partial charge on any atom is -0.493 e. The van der Waals surface area contributed by atoms with Crippen molar-refractivity contribution in [2.45, 2.75) is 18.9 Å². The van der Waals surface area contributed by atoms with Gasteiger partial charge in [0, 0.05) is 48.0 Å². The minimum atomic E-state index is 0.138. The maximum absolute atomic E-state index is 6.30. The van der Waals surface area contributed by atoms with Crippen LogP contribution in [0.15, 0.2) is 53.3 Å². The molecule has 0 aliphatic carbocycles. The summed E-state index contributed by atoms with van der Waals surface area (Å²) in [5, 5.41) is 0. The van der Waals surface area contributed by atoms with Gasteiger partial charge in [0.2, 0.25) is 5.75 Å². The zero-order valence-corrected chi connectivity index (χ0v) is 19.4. The van der Waals surface area contributed by atoms with Gasteiger partial charge >= 0.3 is 0 Å². The molecule has 34 heavy (non-hydrogen) atoms. The SMILES string of the molecule is COc1cc(-c2cc3nccc(-c4cncc(OC5CCOCC5)c4)c3o2)cc(OC)c1OC. The van der Waals surface area contributed by atoms with Crippen molar-refractivity contribution in [2.24, 2.45) is 0 Å². The lowest BCUT2D eigenvalue weighted by atomic mass is 10.1. The number of methoxy groups -OCH3 is 3. The van der Waals surface area contributed by atoms with E-state index in [4.69, 9.17) is 28.1 Å². The summed E-state index contributed by atoms with van der Waals surface area (Å²) in [6, 6.07) is 9.50. The molecule has 176 valence electrons. The number of rotatable bonds is 7. The van der Waals surface area contributed by atoms with Crippen molar-refractivity contribution in [2.75, 3.05) is 34.5 Å². The summed E-state index contributed by atoms with van der Waals surface area (Å²) in [4.78, 5) is 8.90. The lowest BCUT2D eigenvalue weighted by Crippen LogP contribution is -2.25. The quantitative estimate of drug-likeness (QED) is 0.373. The number of pyridine rings is 2. The van der Waals surface area contributed by atoms with Crippen molar-refractivity contribution in [1.82, 2.24) is 9.97 Å². The highest BCUT2D eigenvalue weighted by atomic mass is 16.5. The fraction of sp³-hybridized carbons (Fsp3) is 0.308. The van der Waals surface area contributed by atoms with Gasteiger partial charge in [-0.15, -0.1) is 0 Å². The summed E-state index contributed by atoms with van der Waals surface area (Å²) in [5.74, 6) is 2.99. The minimum absolute atomic E-state index is 0.138. The number of hydrogen-bond acceptors (Lipinski definition) is 8. The van der Waals surface area contributed by atoms with E-state index in [9.17, 15) is 0 Å². The first-order chi connectivity index (χ1) is 16.7. The van der Waals surface area contributed by atoms with Gasteiger partial charge < -0.3 is 28.1 Å². The monoisotopic (exact) mass is 462 g/mol. The number of aromatic nitrogens is 2. The van der Waals surface area contributed by atoms with E-state index in [1.54, 1.807) is 39.9 Å². The summed E-state index contributed by atoms with van der Waals surface area (Å²) in [6.45, 7) is 1.44. The highest BCUT2D eigenvalue weighted by Crippen LogP contribution is 2.43. The molecule has 1 aliphatic rings. The van der Waals surface area contributed by atoms with Gasteiger partial charge in [0.15, 0.2) is 17.1 Å². The smallest absolute Gasteiger partial charge is 0.203 e. The standard InChI is InChI=1S/C26H26N2O6/c1-29-23-11-16(12-24(30-2)26(23)31-3)22-13-21-25(34-22)20(4-7-28-21)17-10-19(15-27-14-17)33-18-5-8-32-9-6-18/h4,7,10-15,18H,5-6,8-9H2,1-3H3. The van der Waals surface area contributed by atoms with E-state index < -0.39 is 0 Å². The van der Waals surface area contributed by atoms with Crippen LogP contribution in [-0.2, 0) is 4.74 Å². The van der Waals surface area contributed by atoms with E-state index in [0.29, 0.717) is 28.6 Å². The van der Waals surface area contributed by atoms with Gasteiger partial charge in [-0.05, 0) is 24.3 Å². The van der Waals surface area contributed by atoms with Gasteiger partial charge in [-0.2, -0.15) is 0 Å². The van der Waals surface area contributed by atoms with Crippen LogP contribution in [0.1, 0.15) is 12.8 Å². The average molecular weight is 463 g/mol. The van der Waals surface area contributed by atoms with Crippen LogP contribution in [0.2, 0.25) is 0 Å². The second-order valence-corrected chi connectivity index (χ2v) is 7.94. The predicted molar refractivity (Wildman–Crippen MR) is 127 cm³/mol. The van der Waals surface area contributed by atoms with Crippen LogP contribution in [0.5, 0.6) is 23.0 Å². The molecule has 0 radical (unpaired) electrons. The first kappa shape index (κ1) is 22.0. The summed E-state index contributed by atoms with van der Waals surface area (Å²) >= 11 is 0. The van der Waals surface area contributed by atoms with Gasteiger partial charge in [-0.1, -0.05) is 0 Å². The van der Waals surface area contributed by atoms with Crippen molar-refractivity contribution in [1.29, 1.82) is 0 Å². The van der Waals surface area contributed by atoms with Crippen LogP contribution in [0, 0.1) is 0 Å². The molecule has 4 aromatic rings. The molecular formula is C26H26N2O6. The van der Waals surface area contributed by atoms with Crippen LogP contribution < -0.4 is 18.9 Å². The van der Waals surface area contributed by atoms with Gasteiger partial charge in [0.1, 0.15) is 23.1 Å². The largest absolute Gasteiger partial charge is 0.493 e. The first-order valence-electron chi connectivity index (χ1n) is 11.1. The van der Waals surface area contributed by atoms with Crippen molar-refractivity contribution < 1.29 is 28.1 Å². The summed E-state index contributed by atoms with van der Waals surface area (Å²) in [5.41, 5.74) is 3.96. The Balaban J connectivity index is 1.52. The number of benzene rings is 1. The number of fused-ring (bicyclic) bond motifs is 1. The molecule has 1 fully saturated rings. The van der Waals surface area contributed by atoms with Gasteiger partial charge in [-0.3, -0.25) is 9.97 Å². The molecule has 0 saturated carbocycles. The summed E-state index contributed by atoms with van der Waals surface area (Å²) in [7, 11) is 4.74. The number of hydrogen-bond donors (Lipinski definition) is 0. The Morgan fingerprint density at radius 3 is 2.35 bits per heavy atom. The van der Waals surface area contributed by atoms with Crippen molar-refractivity contribution in [3.8, 4) is 45.4 Å². The average Bonchev–Trinajstić information content (AvgIpc) is 3.33. The first-order valence-corrected chi connectivity index (χ1v) is 11.1. The van der Waals surface area contributed by atoms with Gasteiger partial charge in [0.25, 0.3) is 0 Å². The van der Waals surface area contributed by atoms with Crippen molar-refractivity contribution in [3.05, 3.63) is 48.9 Å². The molecule has 0 spiro atoms. The summed E-state index contributed by atoms with van der Waals surface area (Å²) < 4.78 is 34.3. The Labute approximate surface area is 197 Å². The number of nitrogens with zero attached hydrogens (tertiary/aromatic N) is 2. The predicted octanol–water partition coefficient (Wildman–Crippen LogP) is 5.14. The Morgan fingerprint density at radius 2 is 1.65 bits per heavy atom. The topological polar surface area (TPSA) is 85.1 Å². The van der Waals surface area contributed by atoms with E-state index in [-0.39, 0.29) is 6.10 Å². The van der Waals surface area contributed by atoms with Crippen molar-refractivity contribution >= 4 is 11.1 Å². The Morgan fingerprint density at radius 1 is 0.882 bits per heavy atom. The molecule has 0 N–H and O–H groups in total. The fourth-order valence-electron chi connectivity index (χ4n) is 4.15. The molecule has 1 saturated heterocycles. The number of furan rings is 1. The molecule has 1 aliphatic heterocycles. The molecule has 8 heteroatoms. The third-order valence-electron chi connectivity index (χ3n) is 5.86. The lowest BCUT2D eigenvalue weighted by molar-refractivity contribution is 0.0254. The molecule has 3 aromatic heterocycles. The molecule has 1 aromatic carbocycles. The Hall–Kier alpha value is -3.78. The van der Waals surface area contributed by atoms with E-state index in [1.807, 2.05) is 30.3 Å². The van der Waals surface area contributed by atoms with Crippen LogP contribution in [-0.4, -0.2) is 50.6 Å². The third kappa shape index (κ3) is 4.24. The third-order valence-corrected chi connectivity index (χ3v) is 5.86. The fourth-order valence-corrected chi connectivity index (χ4v) is 4.15. The maximum Gasteiger partial charge on any atom is 0.203 e. The van der Waals surface area contributed by atoms with E-state index in [1.165, 1.54) is 0 Å². The van der Waals surface area contributed by atoms with Gasteiger partial charge in [-0.25, -0.2) is 0 Å². The normalized spacial score (nSPS) is 14.2. The zero-order valence-electron chi connectivity index (χ0n) is 19.4. The Bertz CT molecular complexity index is 1270. The second-order valence-electron chi connectivity index (χ2n) is 7.94. The van der Waals surface area contributed by atoms with Crippen LogP contribution in [0.3, 0.4) is 0 Å². The maximum atomic E-state index is 6.30. The molecule has 5 rings (SSSR count). The van der Waals surface area contributed by atoms with E-state index >= 15 is 0 Å². The molecule has 0 bridgehead atoms. The highest BCUT2D eigenvalue weighted by molar-refractivity contribution is 5.92. The highest BCUT2D eigenvalue weighted by Gasteiger charge is 2.19. The van der Waals surface area contributed by atoms with Crippen LogP contribution in [0.4, 0.5) is 0 Å². The van der Waals surface area contributed by atoms with Crippen LogP contribution >= 0.6 is 0 Å². The zero-order chi connectivity index (χ0) is 23.5. The molecule has 0 atom stereocenters. The second kappa shape index (κ2) is 9.61.